The molecule has 3 aromatic rings. The molecule has 2 aromatic carbocycles. The fourth-order valence-corrected chi connectivity index (χ4v) is 2.96. The lowest BCUT2D eigenvalue weighted by Gasteiger charge is -2.17. The van der Waals surface area contributed by atoms with Gasteiger partial charge in [-0.2, -0.15) is 5.10 Å². The maximum atomic E-state index is 12.7. The van der Waals surface area contributed by atoms with Crippen LogP contribution in [0.25, 0.3) is 0 Å². The predicted molar refractivity (Wildman–Crippen MR) is 119 cm³/mol. The van der Waals surface area contributed by atoms with E-state index in [1.165, 1.54) is 0 Å². The zero-order valence-electron chi connectivity index (χ0n) is 17.4. The van der Waals surface area contributed by atoms with Gasteiger partial charge in [-0.15, -0.1) is 0 Å². The maximum Gasteiger partial charge on any atom is 0.251 e. The van der Waals surface area contributed by atoms with Crippen LogP contribution in [0.2, 0.25) is 0 Å². The Morgan fingerprint density at radius 3 is 2.23 bits per heavy atom. The highest BCUT2D eigenvalue weighted by atomic mass is 16.2. The van der Waals surface area contributed by atoms with Crippen molar-refractivity contribution < 1.29 is 14.4 Å². The molecule has 31 heavy (non-hydrogen) atoms. The van der Waals surface area contributed by atoms with Gasteiger partial charge in [0, 0.05) is 29.3 Å². The van der Waals surface area contributed by atoms with Crippen molar-refractivity contribution in [2.24, 2.45) is 0 Å². The summed E-state index contributed by atoms with van der Waals surface area (Å²) in [4.78, 5) is 37.5. The third-order valence-corrected chi connectivity index (χ3v) is 4.76. The van der Waals surface area contributed by atoms with E-state index in [1.54, 1.807) is 78.6 Å². The highest BCUT2D eigenvalue weighted by Gasteiger charge is 2.20. The third-order valence-electron chi connectivity index (χ3n) is 4.76. The van der Waals surface area contributed by atoms with Crippen LogP contribution < -0.4 is 16.0 Å². The number of aromatic nitrogens is 2. The maximum absolute atomic E-state index is 12.7. The molecule has 0 spiro atoms. The average Bonchev–Trinajstić information content (AvgIpc) is 3.32. The van der Waals surface area contributed by atoms with Gasteiger partial charge in [0.1, 0.15) is 12.1 Å². The molecule has 0 aliphatic heterocycles. The molecule has 3 N–H and O–H groups in total. The number of amides is 3. The summed E-state index contributed by atoms with van der Waals surface area (Å²) in [7, 11) is 0. The standard InChI is InChI=1S/C23H25N5O3/c1-3-20(27-22(30)17-9-5-4-6-10-17)23(31)26-19-12-7-11-18(15-19)25-21(29)16(2)28-14-8-13-24-28/h4-16,20H,3H2,1-2H3,(H,25,29)(H,26,31)(H,27,30)/t16?,20-/m0/s1. The number of nitrogens with one attached hydrogen (secondary N) is 3. The second-order valence-electron chi connectivity index (χ2n) is 7.02. The first kappa shape index (κ1) is 21.8. The summed E-state index contributed by atoms with van der Waals surface area (Å²) < 4.78 is 1.56. The molecule has 2 atom stereocenters. The molecule has 0 bridgehead atoms. The minimum absolute atomic E-state index is 0.228. The average molecular weight is 419 g/mol. The van der Waals surface area contributed by atoms with Gasteiger partial charge in [-0.1, -0.05) is 31.2 Å². The lowest BCUT2D eigenvalue weighted by atomic mass is 10.1. The van der Waals surface area contributed by atoms with Crippen molar-refractivity contribution in [1.29, 1.82) is 0 Å². The molecular weight excluding hydrogens is 394 g/mol. The molecular formula is C23H25N5O3. The number of benzene rings is 2. The number of carbonyl (C=O) groups excluding carboxylic acids is 3. The van der Waals surface area contributed by atoms with Crippen molar-refractivity contribution in [2.75, 3.05) is 10.6 Å². The van der Waals surface area contributed by atoms with Gasteiger partial charge in [0.05, 0.1) is 0 Å². The predicted octanol–water partition coefficient (Wildman–Crippen LogP) is 3.23. The second kappa shape index (κ2) is 10.2. The molecule has 0 aliphatic carbocycles. The molecule has 1 heterocycles. The highest BCUT2D eigenvalue weighted by molar-refractivity contribution is 6.01. The van der Waals surface area contributed by atoms with Crippen molar-refractivity contribution in [3.63, 3.8) is 0 Å². The molecule has 160 valence electrons. The molecule has 0 saturated heterocycles. The highest BCUT2D eigenvalue weighted by Crippen LogP contribution is 2.17. The van der Waals surface area contributed by atoms with Gasteiger partial charge in [-0.25, -0.2) is 0 Å². The van der Waals surface area contributed by atoms with Crippen LogP contribution >= 0.6 is 0 Å². The third kappa shape index (κ3) is 5.79. The monoisotopic (exact) mass is 419 g/mol. The number of carbonyl (C=O) groups is 3. The van der Waals surface area contributed by atoms with Crippen LogP contribution in [-0.4, -0.2) is 33.5 Å². The first-order valence-electron chi connectivity index (χ1n) is 10.0. The summed E-state index contributed by atoms with van der Waals surface area (Å²) in [5, 5.41) is 12.4. The first-order chi connectivity index (χ1) is 15.0. The first-order valence-corrected chi connectivity index (χ1v) is 10.0. The molecule has 0 radical (unpaired) electrons. The van der Waals surface area contributed by atoms with Crippen LogP contribution in [-0.2, 0) is 9.59 Å². The largest absolute Gasteiger partial charge is 0.340 e. The molecule has 0 fully saturated rings. The Morgan fingerprint density at radius 2 is 1.61 bits per heavy atom. The van der Waals surface area contributed by atoms with Crippen molar-refractivity contribution in [2.45, 2.75) is 32.4 Å². The molecule has 1 unspecified atom stereocenters. The Balaban J connectivity index is 1.61. The Bertz CT molecular complexity index is 1030. The van der Waals surface area contributed by atoms with E-state index in [2.05, 4.69) is 21.0 Å². The summed E-state index contributed by atoms with van der Waals surface area (Å²) in [5.41, 5.74) is 1.55. The molecule has 0 saturated carbocycles. The van der Waals surface area contributed by atoms with Gasteiger partial charge < -0.3 is 16.0 Å². The van der Waals surface area contributed by atoms with E-state index in [4.69, 9.17) is 0 Å². The minimum Gasteiger partial charge on any atom is -0.340 e. The Hall–Kier alpha value is -3.94. The number of nitrogens with zero attached hydrogens (tertiary/aromatic N) is 2. The lowest BCUT2D eigenvalue weighted by molar-refractivity contribution is -0.119. The van der Waals surface area contributed by atoms with E-state index in [1.807, 2.05) is 13.0 Å². The zero-order chi connectivity index (χ0) is 22.2. The van der Waals surface area contributed by atoms with Gasteiger partial charge >= 0.3 is 0 Å². The SMILES string of the molecule is CC[C@H](NC(=O)c1ccccc1)C(=O)Nc1cccc(NC(=O)C(C)n2cccn2)c1. The van der Waals surface area contributed by atoms with Gasteiger partial charge in [0.25, 0.3) is 5.91 Å². The summed E-state index contributed by atoms with van der Waals surface area (Å²) in [5.74, 6) is -0.870. The van der Waals surface area contributed by atoms with E-state index in [0.717, 1.165) is 0 Å². The normalized spacial score (nSPS) is 12.5. The van der Waals surface area contributed by atoms with Gasteiger partial charge in [0.2, 0.25) is 11.8 Å². The molecule has 3 rings (SSSR count). The molecule has 3 amide bonds. The van der Waals surface area contributed by atoms with E-state index in [-0.39, 0.29) is 17.7 Å². The van der Waals surface area contributed by atoms with Crippen LogP contribution in [0.5, 0.6) is 0 Å². The Labute approximate surface area is 180 Å². The van der Waals surface area contributed by atoms with Crippen LogP contribution in [0.4, 0.5) is 11.4 Å². The molecule has 0 aliphatic rings. The Morgan fingerprint density at radius 1 is 0.935 bits per heavy atom. The van der Waals surface area contributed by atoms with Gasteiger partial charge in [0.15, 0.2) is 0 Å². The zero-order valence-corrected chi connectivity index (χ0v) is 17.4. The van der Waals surface area contributed by atoms with Crippen molar-refractivity contribution in [3.8, 4) is 0 Å². The van der Waals surface area contributed by atoms with Crippen LogP contribution in [0.15, 0.2) is 73.1 Å². The smallest absolute Gasteiger partial charge is 0.251 e. The quantitative estimate of drug-likeness (QED) is 0.521. The molecule has 1 aromatic heterocycles. The number of hydrogen-bond acceptors (Lipinski definition) is 4. The Kier molecular flexibility index (Phi) is 7.16. The van der Waals surface area contributed by atoms with E-state index >= 15 is 0 Å². The molecule has 8 heteroatoms. The summed E-state index contributed by atoms with van der Waals surface area (Å²) in [6.45, 7) is 3.57. The van der Waals surface area contributed by atoms with Crippen LogP contribution in [0.3, 0.4) is 0 Å². The van der Waals surface area contributed by atoms with Gasteiger partial charge in [-0.3, -0.25) is 19.1 Å². The minimum atomic E-state index is -0.689. The van der Waals surface area contributed by atoms with E-state index < -0.39 is 12.1 Å². The topological polar surface area (TPSA) is 105 Å². The van der Waals surface area contributed by atoms with E-state index in [9.17, 15) is 14.4 Å². The second-order valence-corrected chi connectivity index (χ2v) is 7.02. The van der Waals surface area contributed by atoms with Crippen molar-refractivity contribution in [1.82, 2.24) is 15.1 Å². The summed E-state index contributed by atoms with van der Waals surface area (Å²) in [6.07, 6.45) is 3.76. The lowest BCUT2D eigenvalue weighted by Crippen LogP contribution is -2.43. The van der Waals surface area contributed by atoms with Gasteiger partial charge in [-0.05, 0) is 49.7 Å². The number of rotatable bonds is 8. The number of anilines is 2. The van der Waals surface area contributed by atoms with E-state index in [0.29, 0.717) is 23.4 Å². The molecule has 8 nitrogen and oxygen atoms in total. The number of hydrogen-bond donors (Lipinski definition) is 3. The fraction of sp³-hybridized carbons (Fsp3) is 0.217. The fourth-order valence-electron chi connectivity index (χ4n) is 2.96. The summed E-state index contributed by atoms with van der Waals surface area (Å²) in [6, 6.07) is 16.2. The van der Waals surface area contributed by atoms with Crippen molar-refractivity contribution in [3.05, 3.63) is 78.6 Å². The summed E-state index contributed by atoms with van der Waals surface area (Å²) >= 11 is 0. The van der Waals surface area contributed by atoms with Crippen molar-refractivity contribution >= 4 is 29.1 Å². The van der Waals surface area contributed by atoms with Crippen LogP contribution in [0.1, 0.15) is 36.7 Å². The van der Waals surface area contributed by atoms with Crippen LogP contribution in [0, 0.1) is 0 Å².